The van der Waals surface area contributed by atoms with E-state index in [4.69, 9.17) is 5.53 Å². The molecule has 0 bridgehead atoms. The Morgan fingerprint density at radius 2 is 2.08 bits per heavy atom. The number of carbonyl (C=O) groups excluding carboxylic acids is 1. The Balaban J connectivity index is 2.44. The molecule has 0 spiro atoms. The van der Waals surface area contributed by atoms with Crippen LogP contribution >= 0.6 is 0 Å². The second-order valence-corrected chi connectivity index (χ2v) is 2.70. The van der Waals surface area contributed by atoms with Crippen LogP contribution < -0.4 is 0 Å². The summed E-state index contributed by atoms with van der Waals surface area (Å²) in [7, 11) is 0. The standard InChI is InChI=1S/C10H10N2O/c11-12-8-10(13)7-6-9-4-2-1-3-5-9/h1-5,8H,6-7H2. The van der Waals surface area contributed by atoms with Gasteiger partial charge in [-0.3, -0.25) is 4.79 Å². The maximum Gasteiger partial charge on any atom is 0.323 e. The van der Waals surface area contributed by atoms with E-state index in [1.54, 1.807) is 0 Å². The van der Waals surface area contributed by atoms with Crippen LogP contribution in [-0.4, -0.2) is 16.8 Å². The van der Waals surface area contributed by atoms with E-state index < -0.39 is 0 Å². The van der Waals surface area contributed by atoms with Crippen LogP contribution in [0.5, 0.6) is 0 Å². The van der Waals surface area contributed by atoms with Gasteiger partial charge in [0.1, 0.15) is 0 Å². The first-order valence-corrected chi connectivity index (χ1v) is 4.07. The van der Waals surface area contributed by atoms with E-state index in [-0.39, 0.29) is 5.78 Å². The lowest BCUT2D eigenvalue weighted by Gasteiger charge is -1.95. The van der Waals surface area contributed by atoms with Gasteiger partial charge in [-0.2, -0.15) is 4.79 Å². The summed E-state index contributed by atoms with van der Waals surface area (Å²) >= 11 is 0. The third kappa shape index (κ3) is 3.45. The molecule has 1 aromatic rings. The van der Waals surface area contributed by atoms with Gasteiger partial charge in [-0.1, -0.05) is 30.3 Å². The Hall–Kier alpha value is -1.73. The van der Waals surface area contributed by atoms with Gasteiger partial charge >= 0.3 is 6.21 Å². The molecule has 1 aromatic carbocycles. The zero-order valence-corrected chi connectivity index (χ0v) is 7.18. The summed E-state index contributed by atoms with van der Waals surface area (Å²) in [5.74, 6) is -0.161. The summed E-state index contributed by atoms with van der Waals surface area (Å²) < 4.78 is 0. The normalized spacial score (nSPS) is 8.92. The van der Waals surface area contributed by atoms with Gasteiger partial charge in [0, 0.05) is 6.42 Å². The number of aryl methyl sites for hydroxylation is 1. The topological polar surface area (TPSA) is 53.5 Å². The molecule has 0 heterocycles. The molecule has 0 fully saturated rings. The third-order valence-corrected chi connectivity index (χ3v) is 1.70. The fraction of sp³-hybridized carbons (Fsp3) is 0.200. The van der Waals surface area contributed by atoms with Crippen molar-refractivity contribution in [3.63, 3.8) is 0 Å². The molecule has 3 heteroatoms. The van der Waals surface area contributed by atoms with Crippen molar-refractivity contribution in [3.8, 4) is 0 Å². The number of hydrogen-bond donors (Lipinski definition) is 0. The highest BCUT2D eigenvalue weighted by atomic mass is 16.1. The molecule has 3 nitrogen and oxygen atoms in total. The SMILES string of the molecule is [N-]=[N+]=CC(=O)CCc1ccccc1. The van der Waals surface area contributed by atoms with Crippen molar-refractivity contribution >= 4 is 12.0 Å². The van der Waals surface area contributed by atoms with Gasteiger partial charge in [0.2, 0.25) is 5.78 Å². The minimum absolute atomic E-state index is 0.161. The minimum atomic E-state index is -0.161. The molecule has 0 saturated carbocycles. The molecule has 66 valence electrons. The van der Waals surface area contributed by atoms with Crippen molar-refractivity contribution in [1.29, 1.82) is 0 Å². The van der Waals surface area contributed by atoms with E-state index in [1.165, 1.54) is 0 Å². The van der Waals surface area contributed by atoms with Gasteiger partial charge in [-0.05, 0) is 12.0 Å². The molecule has 0 saturated heterocycles. The highest BCUT2D eigenvalue weighted by Crippen LogP contribution is 2.01. The molecular weight excluding hydrogens is 164 g/mol. The zero-order valence-electron chi connectivity index (χ0n) is 7.18. The zero-order chi connectivity index (χ0) is 9.52. The second kappa shape index (κ2) is 5.01. The molecular formula is C10H10N2O. The summed E-state index contributed by atoms with van der Waals surface area (Å²) in [5.41, 5.74) is 9.20. The third-order valence-electron chi connectivity index (χ3n) is 1.70. The van der Waals surface area contributed by atoms with Crippen molar-refractivity contribution in [2.75, 3.05) is 0 Å². The van der Waals surface area contributed by atoms with Gasteiger partial charge in [0.05, 0.1) is 0 Å². The van der Waals surface area contributed by atoms with E-state index in [9.17, 15) is 4.79 Å². The average molecular weight is 174 g/mol. The van der Waals surface area contributed by atoms with Crippen molar-refractivity contribution in [3.05, 3.63) is 41.4 Å². The van der Waals surface area contributed by atoms with Gasteiger partial charge in [0.25, 0.3) is 0 Å². The van der Waals surface area contributed by atoms with Crippen molar-refractivity contribution < 1.29 is 9.58 Å². The number of benzene rings is 1. The summed E-state index contributed by atoms with van der Waals surface area (Å²) in [6, 6.07) is 9.72. The quantitative estimate of drug-likeness (QED) is 0.387. The molecule has 13 heavy (non-hydrogen) atoms. The second-order valence-electron chi connectivity index (χ2n) is 2.70. The van der Waals surface area contributed by atoms with Crippen LogP contribution in [0.1, 0.15) is 12.0 Å². The van der Waals surface area contributed by atoms with Crippen LogP contribution in [0.3, 0.4) is 0 Å². The van der Waals surface area contributed by atoms with Crippen molar-refractivity contribution in [2.45, 2.75) is 12.8 Å². The Morgan fingerprint density at radius 1 is 1.38 bits per heavy atom. The molecule has 0 aromatic heterocycles. The fourth-order valence-corrected chi connectivity index (χ4v) is 1.04. The summed E-state index contributed by atoms with van der Waals surface area (Å²) in [4.78, 5) is 13.6. The summed E-state index contributed by atoms with van der Waals surface area (Å²) in [6.45, 7) is 0. The van der Waals surface area contributed by atoms with Crippen LogP contribution in [0.4, 0.5) is 0 Å². The van der Waals surface area contributed by atoms with E-state index in [0.29, 0.717) is 12.8 Å². The van der Waals surface area contributed by atoms with Crippen LogP contribution in [0.25, 0.3) is 5.53 Å². The Bertz CT molecular complexity index is 326. The Kier molecular flexibility index (Phi) is 3.61. The Labute approximate surface area is 76.6 Å². The minimum Gasteiger partial charge on any atom is -0.361 e. The average Bonchev–Trinajstić information content (AvgIpc) is 2.17. The smallest absolute Gasteiger partial charge is 0.323 e. The van der Waals surface area contributed by atoms with E-state index in [0.717, 1.165) is 11.8 Å². The highest BCUT2D eigenvalue weighted by molar-refractivity contribution is 6.25. The molecule has 0 N–H and O–H groups in total. The van der Waals surface area contributed by atoms with Crippen molar-refractivity contribution in [1.82, 2.24) is 0 Å². The van der Waals surface area contributed by atoms with Crippen LogP contribution in [-0.2, 0) is 11.2 Å². The summed E-state index contributed by atoms with van der Waals surface area (Å²) in [6.07, 6.45) is 2.00. The van der Waals surface area contributed by atoms with Crippen LogP contribution in [0.2, 0.25) is 0 Å². The van der Waals surface area contributed by atoms with Crippen molar-refractivity contribution in [2.24, 2.45) is 0 Å². The lowest BCUT2D eigenvalue weighted by molar-refractivity contribution is -0.116. The maximum atomic E-state index is 10.9. The lowest BCUT2D eigenvalue weighted by atomic mass is 10.1. The summed E-state index contributed by atoms with van der Waals surface area (Å²) in [5, 5.41) is 0. The monoisotopic (exact) mass is 174 g/mol. The number of rotatable bonds is 4. The maximum absolute atomic E-state index is 10.9. The molecule has 0 amide bonds. The predicted octanol–water partition coefficient (Wildman–Crippen LogP) is 1.49. The highest BCUT2D eigenvalue weighted by Gasteiger charge is 2.02. The van der Waals surface area contributed by atoms with Gasteiger partial charge < -0.3 is 5.53 Å². The van der Waals surface area contributed by atoms with Crippen LogP contribution in [0, 0.1) is 0 Å². The van der Waals surface area contributed by atoms with Gasteiger partial charge in [0.15, 0.2) is 0 Å². The molecule has 0 aliphatic carbocycles. The van der Waals surface area contributed by atoms with E-state index in [2.05, 4.69) is 4.79 Å². The predicted molar refractivity (Wildman–Crippen MR) is 49.5 cm³/mol. The molecule has 1 rings (SSSR count). The first kappa shape index (κ1) is 9.36. The number of carbonyl (C=O) groups is 1. The first-order valence-electron chi connectivity index (χ1n) is 4.07. The molecule has 0 unspecified atom stereocenters. The number of hydrogen-bond acceptors (Lipinski definition) is 1. The molecule has 0 aliphatic heterocycles. The van der Waals surface area contributed by atoms with E-state index >= 15 is 0 Å². The number of Topliss-reactive ketones (excluding diaryl/α,β-unsaturated/α-hetero) is 1. The number of nitrogens with zero attached hydrogens (tertiary/aromatic N) is 2. The van der Waals surface area contributed by atoms with Gasteiger partial charge in [-0.25, -0.2) is 0 Å². The van der Waals surface area contributed by atoms with Crippen LogP contribution in [0.15, 0.2) is 30.3 Å². The molecule has 0 aliphatic rings. The molecule has 0 radical (unpaired) electrons. The van der Waals surface area contributed by atoms with Gasteiger partial charge in [-0.15, -0.1) is 0 Å². The fourth-order valence-electron chi connectivity index (χ4n) is 1.04. The largest absolute Gasteiger partial charge is 0.361 e. The lowest BCUT2D eigenvalue weighted by Crippen LogP contribution is -2.01. The number of ketones is 1. The Morgan fingerprint density at radius 3 is 2.69 bits per heavy atom. The van der Waals surface area contributed by atoms with E-state index in [1.807, 2.05) is 30.3 Å². The molecule has 0 atom stereocenters. The first-order chi connectivity index (χ1) is 6.33.